The Kier molecular flexibility index (Phi) is 5.31. The molecular weight excluding hydrogens is 278 g/mol. The average molecular weight is 301 g/mol. The van der Waals surface area contributed by atoms with Gasteiger partial charge in [-0.05, 0) is 51.3 Å². The maximum absolute atomic E-state index is 12.0. The van der Waals surface area contributed by atoms with Crippen molar-refractivity contribution < 1.29 is 9.53 Å². The molecule has 0 fully saturated rings. The lowest BCUT2D eigenvalue weighted by Crippen LogP contribution is -2.13. The summed E-state index contributed by atoms with van der Waals surface area (Å²) in [5, 5.41) is 8.03. The van der Waals surface area contributed by atoms with Gasteiger partial charge in [-0.2, -0.15) is 0 Å². The van der Waals surface area contributed by atoms with Gasteiger partial charge in [0.2, 0.25) is 0 Å². The van der Waals surface area contributed by atoms with Crippen LogP contribution in [0.25, 0.3) is 5.69 Å². The molecule has 1 aromatic heterocycles. The van der Waals surface area contributed by atoms with Crippen LogP contribution in [0.4, 0.5) is 0 Å². The number of ether oxygens (including phenoxy) is 1. The number of benzene rings is 1. The fraction of sp³-hybridized carbons (Fsp3) is 0.471. The quantitative estimate of drug-likeness (QED) is 0.766. The van der Waals surface area contributed by atoms with Gasteiger partial charge in [-0.1, -0.05) is 30.7 Å². The summed E-state index contributed by atoms with van der Waals surface area (Å²) >= 11 is 0. The van der Waals surface area contributed by atoms with Crippen molar-refractivity contribution >= 4 is 5.97 Å². The number of carbonyl (C=O) groups excluding carboxylic acids is 1. The third-order valence-corrected chi connectivity index (χ3v) is 3.43. The number of hydrogen-bond donors (Lipinski definition) is 0. The van der Waals surface area contributed by atoms with Crippen molar-refractivity contribution in [2.24, 2.45) is 0 Å². The number of aryl methyl sites for hydroxylation is 1. The number of esters is 1. The zero-order valence-electron chi connectivity index (χ0n) is 13.7. The molecule has 0 unspecified atom stereocenters. The standard InChI is InChI=1S/C17H23N3O2/c1-5-6-7-14-8-10-15(11-9-14)20-13(4)16(18-19-20)17(21)22-12(2)3/h8-12H,5-7H2,1-4H3. The molecule has 0 spiro atoms. The third kappa shape index (κ3) is 3.72. The van der Waals surface area contributed by atoms with Crippen molar-refractivity contribution in [3.8, 4) is 5.69 Å². The Balaban J connectivity index is 2.19. The highest BCUT2D eigenvalue weighted by Gasteiger charge is 2.19. The van der Waals surface area contributed by atoms with E-state index < -0.39 is 5.97 Å². The lowest BCUT2D eigenvalue weighted by atomic mass is 10.1. The molecule has 0 aliphatic carbocycles. The zero-order chi connectivity index (χ0) is 16.1. The van der Waals surface area contributed by atoms with Crippen LogP contribution in [0.15, 0.2) is 24.3 Å². The lowest BCUT2D eigenvalue weighted by Gasteiger charge is -2.07. The van der Waals surface area contributed by atoms with Crippen LogP contribution in [0, 0.1) is 6.92 Å². The normalized spacial score (nSPS) is 11.0. The highest BCUT2D eigenvalue weighted by atomic mass is 16.5. The molecule has 1 heterocycles. The van der Waals surface area contributed by atoms with Gasteiger partial charge in [0.05, 0.1) is 17.5 Å². The molecule has 5 nitrogen and oxygen atoms in total. The van der Waals surface area contributed by atoms with E-state index in [0.29, 0.717) is 5.69 Å². The van der Waals surface area contributed by atoms with Gasteiger partial charge in [0.25, 0.3) is 0 Å². The summed E-state index contributed by atoms with van der Waals surface area (Å²) in [5.74, 6) is -0.432. The van der Waals surface area contributed by atoms with Crippen LogP contribution in [0.3, 0.4) is 0 Å². The van der Waals surface area contributed by atoms with Gasteiger partial charge >= 0.3 is 5.97 Å². The maximum atomic E-state index is 12.0. The number of hydrogen-bond acceptors (Lipinski definition) is 4. The fourth-order valence-corrected chi connectivity index (χ4v) is 2.22. The van der Waals surface area contributed by atoms with E-state index in [9.17, 15) is 4.79 Å². The molecule has 22 heavy (non-hydrogen) atoms. The summed E-state index contributed by atoms with van der Waals surface area (Å²) in [6.45, 7) is 7.63. The summed E-state index contributed by atoms with van der Waals surface area (Å²) in [7, 11) is 0. The van der Waals surface area contributed by atoms with E-state index in [0.717, 1.165) is 12.1 Å². The van der Waals surface area contributed by atoms with Crippen molar-refractivity contribution in [1.29, 1.82) is 0 Å². The Labute approximate surface area is 131 Å². The van der Waals surface area contributed by atoms with Gasteiger partial charge in [-0.25, -0.2) is 9.48 Å². The van der Waals surface area contributed by atoms with Gasteiger partial charge in [0.15, 0.2) is 5.69 Å². The van der Waals surface area contributed by atoms with Crippen LogP contribution < -0.4 is 0 Å². The first-order chi connectivity index (χ1) is 10.5. The Bertz CT molecular complexity index is 630. The molecule has 5 heteroatoms. The van der Waals surface area contributed by atoms with Crippen molar-refractivity contribution in [3.63, 3.8) is 0 Å². The van der Waals surface area contributed by atoms with Crippen LogP contribution in [0.2, 0.25) is 0 Å². The summed E-state index contributed by atoms with van der Waals surface area (Å²) < 4.78 is 6.84. The SMILES string of the molecule is CCCCc1ccc(-n2nnc(C(=O)OC(C)C)c2C)cc1. The first-order valence-electron chi connectivity index (χ1n) is 7.75. The lowest BCUT2D eigenvalue weighted by molar-refractivity contribution is 0.0370. The largest absolute Gasteiger partial charge is 0.458 e. The van der Waals surface area contributed by atoms with Gasteiger partial charge in [0, 0.05) is 0 Å². The topological polar surface area (TPSA) is 57.0 Å². The first kappa shape index (κ1) is 16.2. The smallest absolute Gasteiger partial charge is 0.361 e. The van der Waals surface area contributed by atoms with Crippen molar-refractivity contribution in [1.82, 2.24) is 15.0 Å². The fourth-order valence-electron chi connectivity index (χ4n) is 2.22. The van der Waals surface area contributed by atoms with Crippen LogP contribution in [-0.2, 0) is 11.2 Å². The van der Waals surface area contributed by atoms with Crippen molar-refractivity contribution in [2.45, 2.75) is 53.1 Å². The predicted molar refractivity (Wildman–Crippen MR) is 85.3 cm³/mol. The Hall–Kier alpha value is -2.17. The number of unbranched alkanes of at least 4 members (excludes halogenated alkanes) is 1. The van der Waals surface area contributed by atoms with Gasteiger partial charge in [-0.15, -0.1) is 5.10 Å². The molecule has 0 aliphatic heterocycles. The summed E-state index contributed by atoms with van der Waals surface area (Å²) in [6.07, 6.45) is 3.28. The van der Waals surface area contributed by atoms with E-state index in [-0.39, 0.29) is 11.8 Å². The minimum atomic E-state index is -0.432. The molecule has 2 aromatic rings. The van der Waals surface area contributed by atoms with E-state index in [1.165, 1.54) is 18.4 Å². The highest BCUT2D eigenvalue weighted by Crippen LogP contribution is 2.15. The molecule has 0 bridgehead atoms. The Morgan fingerprint density at radius 1 is 1.27 bits per heavy atom. The van der Waals surface area contributed by atoms with Crippen LogP contribution >= 0.6 is 0 Å². The summed E-state index contributed by atoms with van der Waals surface area (Å²) in [5.41, 5.74) is 3.16. The Morgan fingerprint density at radius 2 is 1.95 bits per heavy atom. The third-order valence-electron chi connectivity index (χ3n) is 3.43. The highest BCUT2D eigenvalue weighted by molar-refractivity contribution is 5.88. The predicted octanol–water partition coefficient (Wildman–Crippen LogP) is 3.48. The number of carbonyl (C=O) groups is 1. The second-order valence-electron chi connectivity index (χ2n) is 5.66. The molecule has 0 aliphatic rings. The van der Waals surface area contributed by atoms with Crippen molar-refractivity contribution in [3.05, 3.63) is 41.2 Å². The second kappa shape index (κ2) is 7.20. The number of aromatic nitrogens is 3. The number of rotatable bonds is 6. The minimum absolute atomic E-state index is 0.171. The van der Waals surface area contributed by atoms with E-state index in [4.69, 9.17) is 4.74 Å². The monoisotopic (exact) mass is 301 g/mol. The van der Waals surface area contributed by atoms with E-state index in [1.807, 2.05) is 32.9 Å². The van der Waals surface area contributed by atoms with E-state index in [2.05, 4.69) is 29.4 Å². The molecule has 118 valence electrons. The molecule has 0 N–H and O–H groups in total. The molecular formula is C17H23N3O2. The second-order valence-corrected chi connectivity index (χ2v) is 5.66. The number of nitrogens with zero attached hydrogens (tertiary/aromatic N) is 3. The van der Waals surface area contributed by atoms with Crippen LogP contribution in [-0.4, -0.2) is 27.1 Å². The molecule has 1 aromatic carbocycles. The molecule has 0 saturated carbocycles. The van der Waals surface area contributed by atoms with Crippen LogP contribution in [0.5, 0.6) is 0 Å². The molecule has 0 radical (unpaired) electrons. The average Bonchev–Trinajstić information content (AvgIpc) is 2.87. The minimum Gasteiger partial charge on any atom is -0.458 e. The molecule has 0 amide bonds. The molecule has 0 saturated heterocycles. The van der Waals surface area contributed by atoms with E-state index in [1.54, 1.807) is 4.68 Å². The summed E-state index contributed by atoms with van der Waals surface area (Å²) in [4.78, 5) is 12.0. The van der Waals surface area contributed by atoms with Gasteiger partial charge < -0.3 is 4.74 Å². The maximum Gasteiger partial charge on any atom is 0.361 e. The Morgan fingerprint density at radius 3 is 2.55 bits per heavy atom. The van der Waals surface area contributed by atoms with E-state index >= 15 is 0 Å². The summed E-state index contributed by atoms with van der Waals surface area (Å²) in [6, 6.07) is 8.20. The van der Waals surface area contributed by atoms with Crippen LogP contribution in [0.1, 0.15) is 55.4 Å². The zero-order valence-corrected chi connectivity index (χ0v) is 13.7. The van der Waals surface area contributed by atoms with Crippen molar-refractivity contribution in [2.75, 3.05) is 0 Å². The first-order valence-corrected chi connectivity index (χ1v) is 7.75. The molecule has 0 atom stereocenters. The van der Waals surface area contributed by atoms with Gasteiger partial charge in [-0.3, -0.25) is 0 Å². The molecule has 2 rings (SSSR count). The van der Waals surface area contributed by atoms with Gasteiger partial charge in [0.1, 0.15) is 0 Å².